The highest BCUT2D eigenvalue weighted by Gasteiger charge is 2.25. The fourth-order valence-electron chi connectivity index (χ4n) is 1.97. The Morgan fingerprint density at radius 1 is 1.27 bits per heavy atom. The molecule has 1 rings (SSSR count). The van der Waals surface area contributed by atoms with Gasteiger partial charge in [-0.1, -0.05) is 20.3 Å². The average Bonchev–Trinajstić information content (AvgIpc) is 2.79. The summed E-state index contributed by atoms with van der Waals surface area (Å²) in [7, 11) is 0. The molecule has 122 valence electrons. The monoisotopic (exact) mass is 310 g/mol. The van der Waals surface area contributed by atoms with Crippen LogP contribution in [-0.4, -0.2) is 23.9 Å². The molecule has 1 aromatic heterocycles. The van der Waals surface area contributed by atoms with Crippen molar-refractivity contribution in [1.82, 2.24) is 16.2 Å². The second kappa shape index (κ2) is 7.48. The summed E-state index contributed by atoms with van der Waals surface area (Å²) < 4.78 is 5.25. The fraction of sp³-hybridized carbons (Fsp3) is 0.500. The van der Waals surface area contributed by atoms with E-state index >= 15 is 0 Å². The summed E-state index contributed by atoms with van der Waals surface area (Å²) in [5.41, 5.74) is 9.98. The number of carbonyl (C=O) groups excluding carboxylic acids is 3. The Hall–Kier alpha value is -2.51. The predicted octanol–water partition coefficient (Wildman–Crippen LogP) is 0.740. The van der Waals surface area contributed by atoms with Gasteiger partial charge in [0.25, 0.3) is 11.8 Å². The standard InChI is InChI=1S/C14H22N4O4/c1-5-7(2)11(16-14(15)21)13(20)18-17-12(19)10-6-8(3)22-9(10)4/h6-7,11H,5H2,1-4H3,(H,17,19)(H,18,20)(H3,15,16,21)/t7-,11+/m0/s1. The Morgan fingerprint density at radius 3 is 2.36 bits per heavy atom. The van der Waals surface area contributed by atoms with Gasteiger partial charge in [-0.25, -0.2) is 4.79 Å². The number of furan rings is 1. The van der Waals surface area contributed by atoms with Crippen molar-refractivity contribution in [3.05, 3.63) is 23.2 Å². The van der Waals surface area contributed by atoms with Crippen molar-refractivity contribution < 1.29 is 18.8 Å². The molecule has 0 radical (unpaired) electrons. The Morgan fingerprint density at radius 2 is 1.91 bits per heavy atom. The highest BCUT2D eigenvalue weighted by Crippen LogP contribution is 2.13. The van der Waals surface area contributed by atoms with Gasteiger partial charge in [-0.15, -0.1) is 0 Å². The van der Waals surface area contributed by atoms with Crippen LogP contribution in [0.1, 0.15) is 42.1 Å². The zero-order valence-corrected chi connectivity index (χ0v) is 13.1. The van der Waals surface area contributed by atoms with Crippen molar-refractivity contribution in [2.24, 2.45) is 11.7 Å². The van der Waals surface area contributed by atoms with Crippen LogP contribution in [-0.2, 0) is 4.79 Å². The van der Waals surface area contributed by atoms with Gasteiger partial charge in [-0.3, -0.25) is 20.4 Å². The summed E-state index contributed by atoms with van der Waals surface area (Å²) in [6.45, 7) is 7.05. The van der Waals surface area contributed by atoms with Crippen LogP contribution in [0.2, 0.25) is 0 Å². The third-order valence-electron chi connectivity index (χ3n) is 3.38. The quantitative estimate of drug-likeness (QED) is 0.598. The number of carbonyl (C=O) groups is 3. The van der Waals surface area contributed by atoms with E-state index in [0.717, 1.165) is 0 Å². The van der Waals surface area contributed by atoms with E-state index in [-0.39, 0.29) is 5.92 Å². The van der Waals surface area contributed by atoms with E-state index in [1.807, 2.05) is 6.92 Å². The van der Waals surface area contributed by atoms with Gasteiger partial charge in [-0.05, 0) is 25.8 Å². The molecule has 1 heterocycles. The largest absolute Gasteiger partial charge is 0.466 e. The lowest BCUT2D eigenvalue weighted by atomic mass is 9.99. The smallest absolute Gasteiger partial charge is 0.312 e. The Labute approximate surface area is 128 Å². The first-order chi connectivity index (χ1) is 10.3. The number of primary amides is 1. The zero-order chi connectivity index (χ0) is 16.9. The van der Waals surface area contributed by atoms with E-state index in [1.54, 1.807) is 26.8 Å². The summed E-state index contributed by atoms with van der Waals surface area (Å²) in [6, 6.07) is -0.0481. The molecule has 0 bridgehead atoms. The number of hydrogen-bond acceptors (Lipinski definition) is 4. The number of hydrazine groups is 1. The molecule has 0 aliphatic carbocycles. The number of rotatable bonds is 5. The lowest BCUT2D eigenvalue weighted by Gasteiger charge is -2.22. The number of hydrogen-bond donors (Lipinski definition) is 4. The van der Waals surface area contributed by atoms with Crippen molar-refractivity contribution in [1.29, 1.82) is 0 Å². The fourth-order valence-corrected chi connectivity index (χ4v) is 1.97. The predicted molar refractivity (Wildman–Crippen MR) is 79.8 cm³/mol. The molecule has 0 aromatic carbocycles. The summed E-state index contributed by atoms with van der Waals surface area (Å²) in [4.78, 5) is 35.0. The maximum atomic E-state index is 12.1. The maximum Gasteiger partial charge on any atom is 0.312 e. The minimum atomic E-state index is -0.824. The molecule has 4 amide bonds. The van der Waals surface area contributed by atoms with Crippen molar-refractivity contribution in [2.75, 3.05) is 0 Å². The molecule has 0 fully saturated rings. The van der Waals surface area contributed by atoms with Crippen LogP contribution in [0.15, 0.2) is 10.5 Å². The lowest BCUT2D eigenvalue weighted by molar-refractivity contribution is -0.124. The summed E-state index contributed by atoms with van der Waals surface area (Å²) >= 11 is 0. The van der Waals surface area contributed by atoms with E-state index in [9.17, 15) is 14.4 Å². The third kappa shape index (κ3) is 4.51. The second-order valence-electron chi connectivity index (χ2n) is 5.14. The van der Waals surface area contributed by atoms with Gasteiger partial charge in [-0.2, -0.15) is 0 Å². The molecule has 1 aromatic rings. The molecule has 0 aliphatic heterocycles. The third-order valence-corrected chi connectivity index (χ3v) is 3.38. The number of amides is 4. The van der Waals surface area contributed by atoms with Crippen LogP contribution < -0.4 is 21.9 Å². The maximum absolute atomic E-state index is 12.1. The van der Waals surface area contributed by atoms with Crippen LogP contribution in [0.4, 0.5) is 4.79 Å². The van der Waals surface area contributed by atoms with Gasteiger partial charge >= 0.3 is 6.03 Å². The molecular formula is C14H22N4O4. The van der Waals surface area contributed by atoms with Gasteiger partial charge in [0.05, 0.1) is 5.56 Å². The van der Waals surface area contributed by atoms with E-state index in [0.29, 0.717) is 23.5 Å². The topological polar surface area (TPSA) is 126 Å². The summed E-state index contributed by atoms with van der Waals surface area (Å²) in [6.07, 6.45) is 0.659. The molecule has 2 atom stereocenters. The molecule has 8 heteroatoms. The molecule has 22 heavy (non-hydrogen) atoms. The Balaban J connectivity index is 2.68. The molecule has 0 saturated carbocycles. The van der Waals surface area contributed by atoms with E-state index in [4.69, 9.17) is 10.2 Å². The second-order valence-corrected chi connectivity index (χ2v) is 5.14. The van der Waals surface area contributed by atoms with Gasteiger partial charge in [0.2, 0.25) is 0 Å². The van der Waals surface area contributed by atoms with Gasteiger partial charge in [0, 0.05) is 0 Å². The Bertz CT molecular complexity index is 567. The zero-order valence-electron chi connectivity index (χ0n) is 13.1. The lowest BCUT2D eigenvalue weighted by Crippen LogP contribution is -2.55. The summed E-state index contributed by atoms with van der Waals surface area (Å²) in [5.74, 6) is -0.119. The number of aryl methyl sites for hydroxylation is 2. The van der Waals surface area contributed by atoms with E-state index < -0.39 is 23.9 Å². The highest BCUT2D eigenvalue weighted by atomic mass is 16.3. The number of urea groups is 1. The van der Waals surface area contributed by atoms with Crippen molar-refractivity contribution in [2.45, 2.75) is 40.2 Å². The van der Waals surface area contributed by atoms with Crippen LogP contribution in [0.25, 0.3) is 0 Å². The average molecular weight is 310 g/mol. The Kier molecular flexibility index (Phi) is 5.97. The molecule has 0 spiro atoms. The highest BCUT2D eigenvalue weighted by molar-refractivity contribution is 5.97. The van der Waals surface area contributed by atoms with Gasteiger partial charge in [0.15, 0.2) is 0 Å². The first kappa shape index (κ1) is 17.5. The van der Waals surface area contributed by atoms with Crippen LogP contribution in [0.3, 0.4) is 0 Å². The van der Waals surface area contributed by atoms with Gasteiger partial charge < -0.3 is 15.5 Å². The molecule has 0 unspecified atom stereocenters. The SMILES string of the molecule is CC[C@H](C)[C@@H](NC(N)=O)C(=O)NNC(=O)c1cc(C)oc1C. The first-order valence-corrected chi connectivity index (χ1v) is 6.99. The molecule has 0 aliphatic rings. The van der Waals surface area contributed by atoms with E-state index in [1.165, 1.54) is 0 Å². The minimum Gasteiger partial charge on any atom is -0.466 e. The number of nitrogens with one attached hydrogen (secondary N) is 3. The molecule has 5 N–H and O–H groups in total. The summed E-state index contributed by atoms with van der Waals surface area (Å²) in [5, 5.41) is 2.37. The first-order valence-electron chi connectivity index (χ1n) is 6.99. The van der Waals surface area contributed by atoms with Crippen molar-refractivity contribution >= 4 is 17.8 Å². The van der Waals surface area contributed by atoms with Crippen LogP contribution in [0, 0.1) is 19.8 Å². The van der Waals surface area contributed by atoms with Crippen molar-refractivity contribution in [3.8, 4) is 0 Å². The van der Waals surface area contributed by atoms with E-state index in [2.05, 4.69) is 16.2 Å². The molecular weight excluding hydrogens is 288 g/mol. The van der Waals surface area contributed by atoms with Crippen LogP contribution >= 0.6 is 0 Å². The molecule has 8 nitrogen and oxygen atoms in total. The van der Waals surface area contributed by atoms with Crippen molar-refractivity contribution in [3.63, 3.8) is 0 Å². The minimum absolute atomic E-state index is 0.137. The van der Waals surface area contributed by atoms with Crippen LogP contribution in [0.5, 0.6) is 0 Å². The molecule has 0 saturated heterocycles. The van der Waals surface area contributed by atoms with Gasteiger partial charge in [0.1, 0.15) is 17.6 Å². The normalized spacial score (nSPS) is 13.1. The number of nitrogens with two attached hydrogens (primary N) is 1.